The number of hydrogen-bond donors (Lipinski definition) is 3. The average Bonchev–Trinajstić information content (AvgIpc) is 2.48. The largest absolute Gasteiger partial charge is 0.338 e. The second-order valence-corrected chi connectivity index (χ2v) is 5.19. The fraction of sp³-hybridized carbons (Fsp3) is 0.500. The van der Waals surface area contributed by atoms with E-state index in [0.717, 1.165) is 19.5 Å². The average molecular weight is 292 g/mol. The zero-order valence-electron chi connectivity index (χ0n) is 11.8. The Morgan fingerprint density at radius 1 is 1.48 bits per heavy atom. The molecule has 114 valence electrons. The summed E-state index contributed by atoms with van der Waals surface area (Å²) in [5.41, 5.74) is 0.377. The minimum Gasteiger partial charge on any atom is -0.338 e. The van der Waals surface area contributed by atoms with Crippen molar-refractivity contribution in [3.63, 3.8) is 0 Å². The smallest absolute Gasteiger partial charge is 0.319 e. The topological polar surface area (TPSA) is 96.3 Å². The number of rotatable bonds is 5. The van der Waals surface area contributed by atoms with Crippen molar-refractivity contribution in [3.05, 3.63) is 34.4 Å². The van der Waals surface area contributed by atoms with Crippen molar-refractivity contribution in [3.8, 4) is 0 Å². The normalized spacial score (nSPS) is 18.0. The molecule has 1 aromatic carbocycles. The van der Waals surface area contributed by atoms with E-state index in [4.69, 9.17) is 0 Å². The summed E-state index contributed by atoms with van der Waals surface area (Å²) in [5, 5.41) is 19.4. The summed E-state index contributed by atoms with van der Waals surface area (Å²) in [5.74, 6) is 0.608. The summed E-state index contributed by atoms with van der Waals surface area (Å²) >= 11 is 0. The van der Waals surface area contributed by atoms with Crippen LogP contribution in [-0.2, 0) is 0 Å². The molecule has 1 saturated heterocycles. The molecule has 7 heteroatoms. The lowest BCUT2D eigenvalue weighted by Gasteiger charge is -2.22. The van der Waals surface area contributed by atoms with Crippen LogP contribution in [0.25, 0.3) is 0 Å². The highest BCUT2D eigenvalue weighted by atomic mass is 16.6. The quantitative estimate of drug-likeness (QED) is 0.572. The first-order valence-corrected chi connectivity index (χ1v) is 7.15. The molecule has 0 aromatic heterocycles. The molecular formula is C14H20N4O3. The van der Waals surface area contributed by atoms with Gasteiger partial charge in [0.05, 0.1) is 4.92 Å². The van der Waals surface area contributed by atoms with Gasteiger partial charge in [0.1, 0.15) is 0 Å². The highest BCUT2D eigenvalue weighted by Crippen LogP contribution is 2.17. The fourth-order valence-electron chi connectivity index (χ4n) is 2.43. The van der Waals surface area contributed by atoms with Crippen LogP contribution < -0.4 is 16.0 Å². The number of anilines is 1. The van der Waals surface area contributed by atoms with Gasteiger partial charge in [0.25, 0.3) is 5.69 Å². The Morgan fingerprint density at radius 2 is 2.33 bits per heavy atom. The first-order valence-electron chi connectivity index (χ1n) is 7.15. The molecule has 0 aliphatic carbocycles. The van der Waals surface area contributed by atoms with Gasteiger partial charge in [-0.3, -0.25) is 10.1 Å². The molecule has 1 atom stereocenters. The van der Waals surface area contributed by atoms with Crippen LogP contribution >= 0.6 is 0 Å². The highest BCUT2D eigenvalue weighted by Gasteiger charge is 2.13. The van der Waals surface area contributed by atoms with Gasteiger partial charge in [-0.05, 0) is 44.3 Å². The summed E-state index contributed by atoms with van der Waals surface area (Å²) in [7, 11) is 0. The second kappa shape index (κ2) is 7.58. The Bertz CT molecular complexity index is 501. The number of carbonyl (C=O) groups excluding carboxylic acids is 1. The van der Waals surface area contributed by atoms with Crippen molar-refractivity contribution in [2.24, 2.45) is 5.92 Å². The van der Waals surface area contributed by atoms with Gasteiger partial charge in [0.15, 0.2) is 0 Å². The monoisotopic (exact) mass is 292 g/mol. The lowest BCUT2D eigenvalue weighted by Crippen LogP contribution is -2.34. The Kier molecular flexibility index (Phi) is 5.51. The van der Waals surface area contributed by atoms with E-state index in [1.807, 2.05) is 0 Å². The van der Waals surface area contributed by atoms with Gasteiger partial charge >= 0.3 is 6.03 Å². The van der Waals surface area contributed by atoms with Gasteiger partial charge in [-0.25, -0.2) is 4.79 Å². The van der Waals surface area contributed by atoms with Gasteiger partial charge in [-0.2, -0.15) is 0 Å². The van der Waals surface area contributed by atoms with E-state index in [9.17, 15) is 14.9 Å². The standard InChI is InChI=1S/C14H20N4O3/c19-14(16-8-6-11-3-2-7-15-10-11)17-12-4-1-5-13(9-12)18(20)21/h1,4-5,9,11,15H,2-3,6-8,10H2,(H2,16,17,19). The molecule has 1 unspecified atom stereocenters. The molecule has 1 heterocycles. The van der Waals surface area contributed by atoms with Crippen molar-refractivity contribution in [2.45, 2.75) is 19.3 Å². The summed E-state index contributed by atoms with van der Waals surface area (Å²) < 4.78 is 0. The Hall–Kier alpha value is -2.15. The number of piperidine rings is 1. The zero-order chi connectivity index (χ0) is 15.1. The first kappa shape index (κ1) is 15.2. The number of urea groups is 1. The molecule has 2 rings (SSSR count). The molecule has 1 aliphatic heterocycles. The summed E-state index contributed by atoms with van der Waals surface area (Å²) in [6.07, 6.45) is 3.32. The molecule has 2 amide bonds. The van der Waals surface area contributed by atoms with E-state index in [-0.39, 0.29) is 11.7 Å². The minimum absolute atomic E-state index is 0.0407. The molecule has 1 aromatic rings. The fourth-order valence-corrected chi connectivity index (χ4v) is 2.43. The third kappa shape index (κ3) is 5.03. The van der Waals surface area contributed by atoms with Gasteiger partial charge in [-0.15, -0.1) is 0 Å². The number of nitro benzene ring substituents is 1. The van der Waals surface area contributed by atoms with E-state index in [0.29, 0.717) is 18.2 Å². The van der Waals surface area contributed by atoms with Gasteiger partial charge in [-0.1, -0.05) is 6.07 Å². The van der Waals surface area contributed by atoms with Crippen molar-refractivity contribution >= 4 is 17.4 Å². The van der Waals surface area contributed by atoms with E-state index in [1.165, 1.54) is 25.0 Å². The van der Waals surface area contributed by atoms with Crippen LogP contribution in [-0.4, -0.2) is 30.6 Å². The SMILES string of the molecule is O=C(NCCC1CCCNC1)Nc1cccc([N+](=O)[O-])c1. The number of hydrogen-bond acceptors (Lipinski definition) is 4. The van der Waals surface area contributed by atoms with Gasteiger partial charge in [0.2, 0.25) is 0 Å². The van der Waals surface area contributed by atoms with Crippen LogP contribution in [0.15, 0.2) is 24.3 Å². The van der Waals surface area contributed by atoms with Gasteiger partial charge < -0.3 is 16.0 Å². The van der Waals surface area contributed by atoms with E-state index < -0.39 is 4.92 Å². The lowest BCUT2D eigenvalue weighted by molar-refractivity contribution is -0.384. The summed E-state index contributed by atoms with van der Waals surface area (Å²) in [4.78, 5) is 21.9. The Labute approximate surface area is 123 Å². The molecular weight excluding hydrogens is 272 g/mol. The van der Waals surface area contributed by atoms with Crippen LogP contribution in [0.3, 0.4) is 0 Å². The number of nitrogens with one attached hydrogen (secondary N) is 3. The van der Waals surface area contributed by atoms with E-state index in [1.54, 1.807) is 12.1 Å². The van der Waals surface area contributed by atoms with Crippen LogP contribution in [0.2, 0.25) is 0 Å². The zero-order valence-corrected chi connectivity index (χ0v) is 11.8. The molecule has 0 spiro atoms. The van der Waals surface area contributed by atoms with Crippen molar-refractivity contribution < 1.29 is 9.72 Å². The van der Waals surface area contributed by atoms with Gasteiger partial charge in [0, 0.05) is 24.4 Å². The van der Waals surface area contributed by atoms with Crippen LogP contribution in [0.4, 0.5) is 16.2 Å². The number of carbonyl (C=O) groups is 1. The number of amides is 2. The maximum absolute atomic E-state index is 11.7. The summed E-state index contributed by atoms with van der Waals surface area (Å²) in [6.45, 7) is 2.69. The third-order valence-corrected chi connectivity index (χ3v) is 3.55. The predicted molar refractivity (Wildman–Crippen MR) is 80.3 cm³/mol. The number of benzene rings is 1. The molecule has 0 saturated carbocycles. The van der Waals surface area contributed by atoms with Crippen LogP contribution in [0.1, 0.15) is 19.3 Å². The molecule has 1 fully saturated rings. The second-order valence-electron chi connectivity index (χ2n) is 5.19. The third-order valence-electron chi connectivity index (χ3n) is 3.55. The van der Waals surface area contributed by atoms with Crippen LogP contribution in [0, 0.1) is 16.0 Å². The maximum Gasteiger partial charge on any atom is 0.319 e. The first-order chi connectivity index (χ1) is 10.1. The molecule has 3 N–H and O–H groups in total. The number of nitro groups is 1. The molecule has 7 nitrogen and oxygen atoms in total. The maximum atomic E-state index is 11.7. The van der Waals surface area contributed by atoms with Crippen molar-refractivity contribution in [1.82, 2.24) is 10.6 Å². The number of non-ortho nitro benzene ring substituents is 1. The molecule has 1 aliphatic rings. The molecule has 0 bridgehead atoms. The number of nitrogens with zero attached hydrogens (tertiary/aromatic N) is 1. The highest BCUT2D eigenvalue weighted by molar-refractivity contribution is 5.89. The summed E-state index contributed by atoms with van der Waals surface area (Å²) in [6, 6.07) is 5.56. The predicted octanol–water partition coefficient (Wildman–Crippen LogP) is 2.11. The minimum atomic E-state index is -0.487. The van der Waals surface area contributed by atoms with E-state index in [2.05, 4.69) is 16.0 Å². The Morgan fingerprint density at radius 3 is 3.05 bits per heavy atom. The van der Waals surface area contributed by atoms with E-state index >= 15 is 0 Å². The van der Waals surface area contributed by atoms with Crippen LogP contribution in [0.5, 0.6) is 0 Å². The lowest BCUT2D eigenvalue weighted by atomic mass is 9.96. The Balaban J connectivity index is 1.73. The van der Waals surface area contributed by atoms with Crippen molar-refractivity contribution in [2.75, 3.05) is 25.0 Å². The molecule has 0 radical (unpaired) electrons. The van der Waals surface area contributed by atoms with Crippen molar-refractivity contribution in [1.29, 1.82) is 0 Å². The molecule has 21 heavy (non-hydrogen) atoms.